The summed E-state index contributed by atoms with van der Waals surface area (Å²) in [4.78, 5) is 25.9. The minimum absolute atomic E-state index is 0.00933. The number of amides is 1. The molecule has 2 heterocycles. The van der Waals surface area contributed by atoms with Gasteiger partial charge in [-0.05, 0) is 56.8 Å². The highest BCUT2D eigenvalue weighted by Crippen LogP contribution is 2.50. The Hall–Kier alpha value is -1.24. The van der Waals surface area contributed by atoms with Crippen molar-refractivity contribution in [1.29, 1.82) is 0 Å². The molecule has 3 aliphatic rings. The molecule has 4 rings (SSSR count). The van der Waals surface area contributed by atoms with E-state index in [2.05, 4.69) is 32.2 Å². The van der Waals surface area contributed by atoms with Gasteiger partial charge in [0.05, 0.1) is 24.8 Å². The molecule has 1 saturated carbocycles. The van der Waals surface area contributed by atoms with Crippen molar-refractivity contribution in [3.8, 4) is 0 Å². The van der Waals surface area contributed by atoms with E-state index in [0.29, 0.717) is 12.6 Å². The van der Waals surface area contributed by atoms with E-state index in [4.69, 9.17) is 4.74 Å². The number of nitrogens with zero attached hydrogens (tertiary/aromatic N) is 1. The average molecular weight is 421 g/mol. The molecule has 5 nitrogen and oxygen atoms in total. The van der Waals surface area contributed by atoms with E-state index in [-0.39, 0.29) is 23.5 Å². The van der Waals surface area contributed by atoms with Gasteiger partial charge >= 0.3 is 0 Å². The molecule has 2 unspecified atom stereocenters. The molecule has 2 saturated heterocycles. The number of ether oxygens (including phenoxy) is 1. The van der Waals surface area contributed by atoms with Crippen LogP contribution in [0.25, 0.3) is 0 Å². The van der Waals surface area contributed by atoms with Gasteiger partial charge in [0.1, 0.15) is 6.29 Å². The lowest BCUT2D eigenvalue weighted by Crippen LogP contribution is -2.46. The van der Waals surface area contributed by atoms with Gasteiger partial charge in [0.15, 0.2) is 0 Å². The Labute approximate surface area is 162 Å². The number of nitrogens with one attached hydrogen (secondary N) is 1. The third kappa shape index (κ3) is 3.59. The molecule has 1 aliphatic carbocycles. The molecule has 3 fully saturated rings. The molecule has 0 radical (unpaired) electrons. The third-order valence-corrected chi connectivity index (χ3v) is 6.50. The second-order valence-corrected chi connectivity index (χ2v) is 9.00. The predicted octanol–water partition coefficient (Wildman–Crippen LogP) is 2.66. The number of rotatable bonds is 7. The van der Waals surface area contributed by atoms with Crippen molar-refractivity contribution in [1.82, 2.24) is 10.2 Å². The minimum Gasteiger partial charge on any atom is -0.373 e. The number of likely N-dealkylation sites (N-methyl/N-ethyl adjacent to an activating group) is 1. The normalized spacial score (nSPS) is 28.3. The van der Waals surface area contributed by atoms with Crippen LogP contribution in [0, 0.1) is 0 Å². The van der Waals surface area contributed by atoms with Gasteiger partial charge in [-0.1, -0.05) is 22.0 Å². The standard InChI is InChI=1S/C20H25BrN2O3/c1-23(10-19(25)22-17-9-15-4-5-18(17)26-15)12-20(6-7-20)16-8-14(21)3-2-13(16)11-24/h2-3,8,11,15,17-18H,4-7,9-10,12H2,1H3,(H,22,25)/t15?,17?,18-/m0/s1. The first-order valence-corrected chi connectivity index (χ1v) is 10.2. The average Bonchev–Trinajstić information content (AvgIpc) is 3.07. The van der Waals surface area contributed by atoms with Crippen LogP contribution in [0.1, 0.15) is 48.0 Å². The molecule has 1 amide bonds. The van der Waals surface area contributed by atoms with E-state index >= 15 is 0 Å². The van der Waals surface area contributed by atoms with E-state index in [1.54, 1.807) is 0 Å². The van der Waals surface area contributed by atoms with Crippen LogP contribution in [0.3, 0.4) is 0 Å². The fraction of sp³-hybridized carbons (Fsp3) is 0.600. The van der Waals surface area contributed by atoms with Crippen molar-refractivity contribution in [2.45, 2.75) is 55.8 Å². The summed E-state index contributed by atoms with van der Waals surface area (Å²) in [5.41, 5.74) is 1.84. The number of carbonyl (C=O) groups is 2. The highest BCUT2D eigenvalue weighted by molar-refractivity contribution is 9.10. The van der Waals surface area contributed by atoms with Crippen LogP contribution in [0.2, 0.25) is 0 Å². The van der Waals surface area contributed by atoms with Crippen LogP contribution in [-0.4, -0.2) is 55.5 Å². The molecule has 6 heteroatoms. The molecule has 1 N–H and O–H groups in total. The summed E-state index contributed by atoms with van der Waals surface area (Å²) in [6.45, 7) is 1.16. The topological polar surface area (TPSA) is 58.6 Å². The third-order valence-electron chi connectivity index (χ3n) is 6.01. The van der Waals surface area contributed by atoms with E-state index in [0.717, 1.165) is 60.5 Å². The maximum atomic E-state index is 12.4. The maximum Gasteiger partial charge on any atom is 0.234 e. The smallest absolute Gasteiger partial charge is 0.234 e. The maximum absolute atomic E-state index is 12.4. The number of hydrogen-bond acceptors (Lipinski definition) is 4. The summed E-state index contributed by atoms with van der Waals surface area (Å²) < 4.78 is 6.80. The summed E-state index contributed by atoms with van der Waals surface area (Å²) in [6, 6.07) is 6.00. The molecular weight excluding hydrogens is 396 g/mol. The minimum atomic E-state index is -0.00933. The highest BCUT2D eigenvalue weighted by Gasteiger charge is 2.46. The quantitative estimate of drug-likeness (QED) is 0.688. The Bertz CT molecular complexity index is 719. The van der Waals surface area contributed by atoms with Crippen molar-refractivity contribution in [3.63, 3.8) is 0 Å². The number of hydrogen-bond donors (Lipinski definition) is 1. The Kier molecular flexibility index (Phi) is 4.92. The van der Waals surface area contributed by atoms with Gasteiger partial charge in [-0.15, -0.1) is 0 Å². The van der Waals surface area contributed by atoms with Gasteiger partial charge in [0.25, 0.3) is 0 Å². The van der Waals surface area contributed by atoms with Gasteiger partial charge in [-0.2, -0.15) is 0 Å². The van der Waals surface area contributed by atoms with E-state index in [1.165, 1.54) is 0 Å². The lowest BCUT2D eigenvalue weighted by Gasteiger charge is -2.26. The van der Waals surface area contributed by atoms with E-state index in [9.17, 15) is 9.59 Å². The summed E-state index contributed by atoms with van der Waals surface area (Å²) >= 11 is 3.51. The molecule has 0 spiro atoms. The fourth-order valence-corrected chi connectivity index (χ4v) is 4.98. The summed E-state index contributed by atoms with van der Waals surface area (Å²) in [6.07, 6.45) is 6.73. The molecule has 2 bridgehead atoms. The lowest BCUT2D eigenvalue weighted by atomic mass is 9.91. The first kappa shape index (κ1) is 18.1. The summed E-state index contributed by atoms with van der Waals surface area (Å²) in [7, 11) is 1.98. The number of carbonyl (C=O) groups excluding carboxylic acids is 2. The Morgan fingerprint density at radius 2 is 2.23 bits per heavy atom. The first-order chi connectivity index (χ1) is 12.5. The van der Waals surface area contributed by atoms with Crippen molar-refractivity contribution in [2.75, 3.05) is 20.1 Å². The van der Waals surface area contributed by atoms with Crippen LogP contribution in [-0.2, 0) is 14.9 Å². The molecular formula is C20H25BrN2O3. The van der Waals surface area contributed by atoms with Gasteiger partial charge in [0, 0.05) is 22.0 Å². The van der Waals surface area contributed by atoms with Gasteiger partial charge in [-0.3, -0.25) is 14.5 Å². The number of fused-ring (bicyclic) bond motifs is 2. The van der Waals surface area contributed by atoms with Crippen molar-refractivity contribution in [2.24, 2.45) is 0 Å². The summed E-state index contributed by atoms with van der Waals surface area (Å²) in [5.74, 6) is 0.0642. The van der Waals surface area contributed by atoms with Crippen LogP contribution in [0.4, 0.5) is 0 Å². The van der Waals surface area contributed by atoms with Crippen molar-refractivity contribution in [3.05, 3.63) is 33.8 Å². The van der Waals surface area contributed by atoms with Crippen molar-refractivity contribution < 1.29 is 14.3 Å². The number of aldehydes is 1. The SMILES string of the molecule is CN(CC(=O)NC1CC2CC[C@@H]1O2)CC1(c2cc(Br)ccc2C=O)CC1. The largest absolute Gasteiger partial charge is 0.373 e. The van der Waals surface area contributed by atoms with E-state index < -0.39 is 0 Å². The summed E-state index contributed by atoms with van der Waals surface area (Å²) in [5, 5.41) is 3.15. The molecule has 3 atom stereocenters. The Balaban J connectivity index is 1.36. The predicted molar refractivity (Wildman–Crippen MR) is 102 cm³/mol. The molecule has 1 aromatic rings. The first-order valence-electron chi connectivity index (χ1n) is 9.38. The van der Waals surface area contributed by atoms with Gasteiger partial charge < -0.3 is 10.1 Å². The monoisotopic (exact) mass is 420 g/mol. The molecule has 140 valence electrons. The molecule has 1 aromatic carbocycles. The molecule has 2 aliphatic heterocycles. The van der Waals surface area contributed by atoms with Crippen molar-refractivity contribution >= 4 is 28.1 Å². The fourth-order valence-electron chi connectivity index (χ4n) is 4.61. The Morgan fingerprint density at radius 1 is 1.42 bits per heavy atom. The number of benzene rings is 1. The zero-order valence-corrected chi connectivity index (χ0v) is 16.6. The molecule has 26 heavy (non-hydrogen) atoms. The van der Waals surface area contributed by atoms with Gasteiger partial charge in [-0.25, -0.2) is 0 Å². The van der Waals surface area contributed by atoms with Crippen LogP contribution >= 0.6 is 15.9 Å². The second-order valence-electron chi connectivity index (χ2n) is 8.09. The highest BCUT2D eigenvalue weighted by atomic mass is 79.9. The zero-order chi connectivity index (χ0) is 18.3. The molecule has 0 aromatic heterocycles. The Morgan fingerprint density at radius 3 is 2.85 bits per heavy atom. The zero-order valence-electron chi connectivity index (χ0n) is 15.0. The van der Waals surface area contributed by atoms with E-state index in [1.807, 2.05) is 19.2 Å². The lowest BCUT2D eigenvalue weighted by molar-refractivity contribution is -0.123. The van der Waals surface area contributed by atoms with Crippen LogP contribution < -0.4 is 5.32 Å². The van der Waals surface area contributed by atoms with Gasteiger partial charge in [0.2, 0.25) is 5.91 Å². The number of halogens is 1. The second kappa shape index (κ2) is 7.06. The van der Waals surface area contributed by atoms with Crippen LogP contribution in [0.5, 0.6) is 0 Å². The van der Waals surface area contributed by atoms with Crippen LogP contribution in [0.15, 0.2) is 22.7 Å².